The van der Waals surface area contributed by atoms with Gasteiger partial charge in [-0.2, -0.15) is 0 Å². The smallest absolute Gasteiger partial charge is 0.323 e. The van der Waals surface area contributed by atoms with Gasteiger partial charge in [0.1, 0.15) is 6.04 Å². The van der Waals surface area contributed by atoms with Gasteiger partial charge in [-0.15, -0.1) is 0 Å². The Hall–Kier alpha value is -0.940. The van der Waals surface area contributed by atoms with E-state index in [2.05, 4.69) is 20.9 Å². The van der Waals surface area contributed by atoms with E-state index in [0.29, 0.717) is 0 Å². The third-order valence-electron chi connectivity index (χ3n) is 3.15. The molecule has 1 fully saturated rings. The molecule has 86 valence electrons. The van der Waals surface area contributed by atoms with E-state index in [1.54, 1.807) is 12.4 Å². The van der Waals surface area contributed by atoms with Crippen molar-refractivity contribution in [1.82, 2.24) is 4.98 Å². The first kappa shape index (κ1) is 11.5. The largest absolute Gasteiger partial charge is 0.468 e. The first-order valence-corrected chi connectivity index (χ1v) is 5.84. The van der Waals surface area contributed by atoms with Crippen LogP contribution in [0.5, 0.6) is 0 Å². The summed E-state index contributed by atoms with van der Waals surface area (Å²) in [6.07, 6.45) is 5.25. The summed E-state index contributed by atoms with van der Waals surface area (Å²) in [4.78, 5) is 15.5. The molecular weight excluding hydrogens is 272 g/mol. The monoisotopic (exact) mass is 284 g/mol. The molecule has 1 aliphatic carbocycles. The summed E-state index contributed by atoms with van der Waals surface area (Å²) in [5.41, 5.74) is 6.73. The first-order valence-electron chi connectivity index (χ1n) is 5.05. The van der Waals surface area contributed by atoms with Crippen molar-refractivity contribution in [1.29, 1.82) is 0 Å². The lowest BCUT2D eigenvalue weighted by atomic mass is 9.89. The van der Waals surface area contributed by atoms with Gasteiger partial charge >= 0.3 is 5.97 Å². The quantitative estimate of drug-likeness (QED) is 0.852. The highest BCUT2D eigenvalue weighted by Crippen LogP contribution is 2.52. The summed E-state index contributed by atoms with van der Waals surface area (Å²) in [6, 6.07) is 1.30. The van der Waals surface area contributed by atoms with Crippen molar-refractivity contribution in [2.24, 2.45) is 5.73 Å². The van der Waals surface area contributed by atoms with Gasteiger partial charge in [0.2, 0.25) is 0 Å². The van der Waals surface area contributed by atoms with Crippen molar-refractivity contribution in [3.8, 4) is 0 Å². The minimum absolute atomic E-state index is 0.269. The molecule has 1 atom stereocenters. The first-order chi connectivity index (χ1) is 7.62. The predicted octanol–water partition coefficient (Wildman–Crippen LogP) is 1.38. The van der Waals surface area contributed by atoms with Crippen molar-refractivity contribution >= 4 is 21.9 Å². The van der Waals surface area contributed by atoms with E-state index in [4.69, 9.17) is 10.5 Å². The number of carbonyl (C=O) groups is 1. The lowest BCUT2D eigenvalue weighted by Gasteiger charge is -2.22. The Kier molecular flexibility index (Phi) is 2.99. The van der Waals surface area contributed by atoms with Gasteiger partial charge in [-0.05, 0) is 40.4 Å². The van der Waals surface area contributed by atoms with E-state index < -0.39 is 6.04 Å². The number of hydrogen-bond donors (Lipinski definition) is 1. The van der Waals surface area contributed by atoms with Crippen molar-refractivity contribution in [3.63, 3.8) is 0 Å². The number of rotatable bonds is 3. The van der Waals surface area contributed by atoms with Crippen molar-refractivity contribution in [2.75, 3.05) is 7.11 Å². The molecule has 16 heavy (non-hydrogen) atoms. The number of esters is 1. The van der Waals surface area contributed by atoms with Crippen LogP contribution in [0, 0.1) is 0 Å². The van der Waals surface area contributed by atoms with Gasteiger partial charge in [0.15, 0.2) is 0 Å². The molecule has 1 heterocycles. The Balaban J connectivity index is 2.33. The van der Waals surface area contributed by atoms with Crippen LogP contribution in [0.25, 0.3) is 0 Å². The lowest BCUT2D eigenvalue weighted by Crippen LogP contribution is -2.43. The van der Waals surface area contributed by atoms with E-state index >= 15 is 0 Å². The van der Waals surface area contributed by atoms with Crippen LogP contribution in [0.3, 0.4) is 0 Å². The highest BCUT2D eigenvalue weighted by Gasteiger charge is 2.53. The molecule has 2 rings (SSSR count). The summed E-state index contributed by atoms with van der Waals surface area (Å²) in [7, 11) is 1.36. The molecule has 0 amide bonds. The molecule has 1 saturated carbocycles. The number of nitrogens with two attached hydrogens (primary N) is 1. The molecule has 0 saturated heterocycles. The van der Waals surface area contributed by atoms with Crippen LogP contribution in [0.1, 0.15) is 18.4 Å². The second-order valence-corrected chi connectivity index (χ2v) is 4.87. The molecule has 0 spiro atoms. The summed E-state index contributed by atoms with van der Waals surface area (Å²) in [5, 5.41) is 0. The second kappa shape index (κ2) is 4.14. The Morgan fingerprint density at radius 1 is 1.69 bits per heavy atom. The fourth-order valence-corrected chi connectivity index (χ4v) is 2.66. The van der Waals surface area contributed by atoms with Gasteiger partial charge in [-0.1, -0.05) is 0 Å². The maximum atomic E-state index is 11.5. The minimum Gasteiger partial charge on any atom is -0.468 e. The van der Waals surface area contributed by atoms with E-state index in [1.165, 1.54) is 7.11 Å². The van der Waals surface area contributed by atoms with Gasteiger partial charge in [0.05, 0.1) is 7.11 Å². The summed E-state index contributed by atoms with van der Waals surface area (Å²) in [5.74, 6) is -0.360. The summed E-state index contributed by atoms with van der Waals surface area (Å²) in [6.45, 7) is 0. The predicted molar refractivity (Wildman–Crippen MR) is 62.8 cm³/mol. The number of methoxy groups -OCH3 is 1. The van der Waals surface area contributed by atoms with Crippen LogP contribution in [-0.4, -0.2) is 24.1 Å². The Bertz CT molecular complexity index is 418. The zero-order chi connectivity index (χ0) is 11.8. The molecule has 1 aliphatic rings. The molecule has 1 aromatic heterocycles. The van der Waals surface area contributed by atoms with E-state index in [0.717, 1.165) is 22.9 Å². The third-order valence-corrected chi connectivity index (χ3v) is 3.78. The van der Waals surface area contributed by atoms with Crippen LogP contribution < -0.4 is 5.73 Å². The van der Waals surface area contributed by atoms with Gasteiger partial charge in [0, 0.05) is 22.3 Å². The van der Waals surface area contributed by atoms with Gasteiger partial charge in [-0.25, -0.2) is 0 Å². The molecule has 1 aromatic rings. The van der Waals surface area contributed by atoms with Gasteiger partial charge in [-0.3, -0.25) is 9.78 Å². The fourth-order valence-electron chi connectivity index (χ4n) is 2.01. The average Bonchev–Trinajstić information content (AvgIpc) is 3.09. The number of ether oxygens (including phenoxy) is 1. The number of hydrogen-bond acceptors (Lipinski definition) is 4. The lowest BCUT2D eigenvalue weighted by molar-refractivity contribution is -0.143. The van der Waals surface area contributed by atoms with Gasteiger partial charge < -0.3 is 10.5 Å². The van der Waals surface area contributed by atoms with Crippen molar-refractivity contribution < 1.29 is 9.53 Å². The Labute approximate surface area is 102 Å². The maximum Gasteiger partial charge on any atom is 0.323 e. The zero-order valence-corrected chi connectivity index (χ0v) is 10.5. The van der Waals surface area contributed by atoms with Crippen LogP contribution >= 0.6 is 15.9 Å². The molecule has 2 N–H and O–H groups in total. The van der Waals surface area contributed by atoms with Crippen LogP contribution in [0.4, 0.5) is 0 Å². The fraction of sp³-hybridized carbons (Fsp3) is 0.455. The normalized spacial score (nSPS) is 18.9. The molecule has 1 unspecified atom stereocenters. The van der Waals surface area contributed by atoms with Crippen LogP contribution in [0.2, 0.25) is 0 Å². The SMILES string of the molecule is COC(=O)C(N)C1(c2ccncc2Br)CC1. The Morgan fingerprint density at radius 2 is 2.38 bits per heavy atom. The molecule has 0 radical (unpaired) electrons. The summed E-state index contributed by atoms with van der Waals surface area (Å²) < 4.78 is 5.60. The Morgan fingerprint density at radius 3 is 2.88 bits per heavy atom. The van der Waals surface area contributed by atoms with Crippen LogP contribution in [-0.2, 0) is 14.9 Å². The van der Waals surface area contributed by atoms with Crippen molar-refractivity contribution in [2.45, 2.75) is 24.3 Å². The molecule has 0 aromatic carbocycles. The highest BCUT2D eigenvalue weighted by atomic mass is 79.9. The third kappa shape index (κ3) is 1.74. The number of halogens is 1. The molecule has 0 bridgehead atoms. The number of nitrogens with zero attached hydrogens (tertiary/aromatic N) is 1. The number of pyridine rings is 1. The van der Waals surface area contributed by atoms with E-state index in [1.807, 2.05) is 6.07 Å². The topological polar surface area (TPSA) is 65.2 Å². The minimum atomic E-state index is -0.601. The second-order valence-electron chi connectivity index (χ2n) is 4.01. The number of carbonyl (C=O) groups excluding carboxylic acids is 1. The molecule has 5 heteroatoms. The number of aromatic nitrogens is 1. The zero-order valence-electron chi connectivity index (χ0n) is 8.94. The van der Waals surface area contributed by atoms with E-state index in [9.17, 15) is 4.79 Å². The van der Waals surface area contributed by atoms with Crippen molar-refractivity contribution in [3.05, 3.63) is 28.5 Å². The highest BCUT2D eigenvalue weighted by molar-refractivity contribution is 9.10. The molecule has 0 aliphatic heterocycles. The molecule has 4 nitrogen and oxygen atoms in total. The standard InChI is InChI=1S/C11H13BrN2O2/c1-16-10(15)9(13)11(3-4-11)7-2-5-14-6-8(7)12/h2,5-6,9H,3-4,13H2,1H3. The molecular formula is C11H13BrN2O2. The maximum absolute atomic E-state index is 11.5. The van der Waals surface area contributed by atoms with E-state index in [-0.39, 0.29) is 11.4 Å². The average molecular weight is 285 g/mol. The van der Waals surface area contributed by atoms with Gasteiger partial charge in [0.25, 0.3) is 0 Å². The van der Waals surface area contributed by atoms with Crippen LogP contribution in [0.15, 0.2) is 22.9 Å². The summed E-state index contributed by atoms with van der Waals surface area (Å²) >= 11 is 3.44.